The van der Waals surface area contributed by atoms with Crippen molar-refractivity contribution in [1.82, 2.24) is 14.9 Å². The summed E-state index contributed by atoms with van der Waals surface area (Å²) < 4.78 is 0. The van der Waals surface area contributed by atoms with Gasteiger partial charge in [0, 0.05) is 43.4 Å². The molecule has 0 saturated carbocycles. The highest BCUT2D eigenvalue weighted by atomic mass is 32.1. The van der Waals surface area contributed by atoms with E-state index in [1.807, 2.05) is 16.2 Å². The first-order valence-electron chi connectivity index (χ1n) is 11.3. The minimum atomic E-state index is 0.292. The average Bonchev–Trinajstić information content (AvgIpc) is 3.10. The van der Waals surface area contributed by atoms with Crippen LogP contribution in [0.25, 0.3) is 10.2 Å². The van der Waals surface area contributed by atoms with E-state index >= 15 is 0 Å². The fraction of sp³-hybridized carbons (Fsp3) is 0.696. The Labute approximate surface area is 178 Å². The summed E-state index contributed by atoms with van der Waals surface area (Å²) in [6.45, 7) is 12.0. The molecule has 5 nitrogen and oxygen atoms in total. The number of rotatable bonds is 5. The molecule has 0 N–H and O–H groups in total. The van der Waals surface area contributed by atoms with Crippen molar-refractivity contribution in [3.8, 4) is 0 Å². The van der Waals surface area contributed by atoms with Crippen molar-refractivity contribution in [1.29, 1.82) is 0 Å². The highest BCUT2D eigenvalue weighted by molar-refractivity contribution is 7.19. The number of aromatic nitrogens is 2. The SMILES string of the molecule is CC[C@H](C)c1nc(N2CCN(C(=O)CC(C)C)CC2)c2c3c(sc2n1)CCCC3. The average molecular weight is 415 g/mol. The minimum Gasteiger partial charge on any atom is -0.352 e. The molecule has 6 heteroatoms. The second-order valence-electron chi connectivity index (χ2n) is 9.07. The number of hydrogen-bond donors (Lipinski definition) is 0. The molecule has 4 rings (SSSR count). The highest BCUT2D eigenvalue weighted by Crippen LogP contribution is 2.40. The molecule has 1 aliphatic carbocycles. The second-order valence-corrected chi connectivity index (χ2v) is 10.2. The first-order valence-corrected chi connectivity index (χ1v) is 12.1. The summed E-state index contributed by atoms with van der Waals surface area (Å²) in [5.74, 6) is 3.18. The maximum atomic E-state index is 12.5. The second kappa shape index (κ2) is 8.58. The van der Waals surface area contributed by atoms with Crippen LogP contribution in [0.3, 0.4) is 0 Å². The van der Waals surface area contributed by atoms with Gasteiger partial charge in [-0.2, -0.15) is 0 Å². The molecule has 1 aliphatic heterocycles. The van der Waals surface area contributed by atoms with Crippen LogP contribution in [0.4, 0.5) is 5.82 Å². The van der Waals surface area contributed by atoms with E-state index in [1.54, 1.807) is 0 Å². The fourth-order valence-electron chi connectivity index (χ4n) is 4.43. The lowest BCUT2D eigenvalue weighted by molar-refractivity contribution is -0.132. The lowest BCUT2D eigenvalue weighted by Crippen LogP contribution is -2.49. The molecule has 0 radical (unpaired) electrons. The van der Waals surface area contributed by atoms with E-state index in [0.717, 1.165) is 50.7 Å². The van der Waals surface area contributed by atoms with Gasteiger partial charge in [-0.25, -0.2) is 9.97 Å². The maximum Gasteiger partial charge on any atom is 0.222 e. The normalized spacial score (nSPS) is 18.4. The number of thiophene rings is 1. The van der Waals surface area contributed by atoms with E-state index in [2.05, 4.69) is 32.6 Å². The molecule has 2 aliphatic rings. The van der Waals surface area contributed by atoms with Gasteiger partial charge in [0.2, 0.25) is 5.91 Å². The Balaban J connectivity index is 1.65. The lowest BCUT2D eigenvalue weighted by Gasteiger charge is -2.36. The molecule has 2 aromatic rings. The smallest absolute Gasteiger partial charge is 0.222 e. The summed E-state index contributed by atoms with van der Waals surface area (Å²) in [6.07, 6.45) is 6.59. The molecule has 1 fully saturated rings. The van der Waals surface area contributed by atoms with Crippen molar-refractivity contribution < 1.29 is 4.79 Å². The largest absolute Gasteiger partial charge is 0.352 e. The van der Waals surface area contributed by atoms with Gasteiger partial charge in [0.1, 0.15) is 16.5 Å². The van der Waals surface area contributed by atoms with Crippen molar-refractivity contribution in [2.45, 2.75) is 72.1 Å². The van der Waals surface area contributed by atoms with Crippen LogP contribution in [0.5, 0.6) is 0 Å². The van der Waals surface area contributed by atoms with Gasteiger partial charge in [0.05, 0.1) is 5.39 Å². The molecule has 1 atom stereocenters. The fourth-order valence-corrected chi connectivity index (χ4v) is 5.69. The van der Waals surface area contributed by atoms with Gasteiger partial charge in [-0.3, -0.25) is 4.79 Å². The Morgan fingerprint density at radius 1 is 1.07 bits per heavy atom. The molecule has 0 aromatic carbocycles. The molecule has 3 heterocycles. The van der Waals surface area contributed by atoms with Gasteiger partial charge in [0.15, 0.2) is 0 Å². The Hall–Kier alpha value is -1.69. The Bertz CT molecular complexity index is 883. The first kappa shape index (κ1) is 20.6. The molecule has 2 aromatic heterocycles. The summed E-state index contributed by atoms with van der Waals surface area (Å²) >= 11 is 1.89. The summed E-state index contributed by atoms with van der Waals surface area (Å²) in [7, 11) is 0. The molecular weight excluding hydrogens is 380 g/mol. The van der Waals surface area contributed by atoms with Crippen LogP contribution < -0.4 is 4.90 Å². The quantitative estimate of drug-likeness (QED) is 0.707. The summed E-state index contributed by atoms with van der Waals surface area (Å²) in [5, 5.41) is 1.30. The van der Waals surface area contributed by atoms with Crippen LogP contribution in [0.2, 0.25) is 0 Å². The minimum absolute atomic E-state index is 0.292. The topological polar surface area (TPSA) is 49.3 Å². The zero-order valence-electron chi connectivity index (χ0n) is 18.3. The van der Waals surface area contributed by atoms with Crippen molar-refractivity contribution in [3.05, 3.63) is 16.3 Å². The van der Waals surface area contributed by atoms with Crippen LogP contribution in [0.15, 0.2) is 0 Å². The third kappa shape index (κ3) is 4.14. The number of piperazine rings is 1. The molecule has 0 unspecified atom stereocenters. The van der Waals surface area contributed by atoms with E-state index < -0.39 is 0 Å². The number of nitrogens with zero attached hydrogens (tertiary/aromatic N) is 4. The van der Waals surface area contributed by atoms with Crippen LogP contribution in [-0.4, -0.2) is 47.0 Å². The van der Waals surface area contributed by atoms with E-state index in [-0.39, 0.29) is 0 Å². The molecular formula is C23H34N4OS. The Morgan fingerprint density at radius 2 is 1.79 bits per heavy atom. The number of aryl methyl sites for hydroxylation is 2. The summed E-state index contributed by atoms with van der Waals surface area (Å²) in [6, 6.07) is 0. The highest BCUT2D eigenvalue weighted by Gasteiger charge is 2.28. The van der Waals surface area contributed by atoms with Crippen molar-refractivity contribution in [2.75, 3.05) is 31.1 Å². The maximum absolute atomic E-state index is 12.5. The molecule has 158 valence electrons. The van der Waals surface area contributed by atoms with E-state index in [1.165, 1.54) is 39.9 Å². The van der Waals surface area contributed by atoms with E-state index in [0.29, 0.717) is 24.2 Å². The third-order valence-electron chi connectivity index (χ3n) is 6.38. The third-order valence-corrected chi connectivity index (χ3v) is 7.57. The van der Waals surface area contributed by atoms with Crippen LogP contribution >= 0.6 is 11.3 Å². The summed E-state index contributed by atoms with van der Waals surface area (Å²) in [4.78, 5) is 29.7. The molecule has 0 spiro atoms. The summed E-state index contributed by atoms with van der Waals surface area (Å²) in [5.41, 5.74) is 1.50. The molecule has 0 bridgehead atoms. The first-order chi connectivity index (χ1) is 14.0. The number of carbonyl (C=O) groups is 1. The van der Waals surface area contributed by atoms with Crippen LogP contribution in [-0.2, 0) is 17.6 Å². The van der Waals surface area contributed by atoms with Crippen molar-refractivity contribution in [2.24, 2.45) is 5.92 Å². The zero-order valence-corrected chi connectivity index (χ0v) is 19.1. The number of anilines is 1. The number of hydrogen-bond acceptors (Lipinski definition) is 5. The predicted molar refractivity (Wildman–Crippen MR) is 121 cm³/mol. The molecule has 1 amide bonds. The van der Waals surface area contributed by atoms with Crippen molar-refractivity contribution in [3.63, 3.8) is 0 Å². The standard InChI is InChI=1S/C23H34N4OS/c1-5-16(4)21-24-22(20-17-8-6-7-9-18(17)29-23(20)25-21)27-12-10-26(11-13-27)19(28)14-15(2)3/h15-16H,5-14H2,1-4H3/t16-/m0/s1. The van der Waals surface area contributed by atoms with Gasteiger partial charge >= 0.3 is 0 Å². The lowest BCUT2D eigenvalue weighted by atomic mass is 9.96. The Morgan fingerprint density at radius 3 is 2.48 bits per heavy atom. The Kier molecular flexibility index (Phi) is 6.09. The monoisotopic (exact) mass is 414 g/mol. The number of amides is 1. The van der Waals surface area contributed by atoms with Gasteiger partial charge in [-0.05, 0) is 43.6 Å². The van der Waals surface area contributed by atoms with Crippen LogP contribution in [0, 0.1) is 5.92 Å². The van der Waals surface area contributed by atoms with Gasteiger partial charge in [-0.1, -0.05) is 27.7 Å². The van der Waals surface area contributed by atoms with Gasteiger partial charge in [0.25, 0.3) is 0 Å². The van der Waals surface area contributed by atoms with Gasteiger partial charge in [-0.15, -0.1) is 11.3 Å². The van der Waals surface area contributed by atoms with Crippen LogP contribution in [0.1, 0.15) is 75.6 Å². The molecule has 29 heavy (non-hydrogen) atoms. The molecule has 1 saturated heterocycles. The number of carbonyl (C=O) groups excluding carboxylic acids is 1. The predicted octanol–water partition coefficient (Wildman–Crippen LogP) is 4.78. The van der Waals surface area contributed by atoms with E-state index in [4.69, 9.17) is 9.97 Å². The van der Waals surface area contributed by atoms with Gasteiger partial charge < -0.3 is 9.80 Å². The zero-order chi connectivity index (χ0) is 20.5. The van der Waals surface area contributed by atoms with Crippen molar-refractivity contribution >= 4 is 33.3 Å². The number of fused-ring (bicyclic) bond motifs is 3. The van der Waals surface area contributed by atoms with E-state index in [9.17, 15) is 4.79 Å².